The predicted octanol–water partition coefficient (Wildman–Crippen LogP) is 3.97. The Bertz CT molecular complexity index is 465. The summed E-state index contributed by atoms with van der Waals surface area (Å²) in [6.07, 6.45) is 7.71. The van der Waals surface area contributed by atoms with Crippen LogP contribution in [0.1, 0.15) is 43.6 Å². The van der Waals surface area contributed by atoms with Crippen LogP contribution >= 0.6 is 0 Å². The molecule has 0 radical (unpaired) electrons. The van der Waals surface area contributed by atoms with E-state index in [9.17, 15) is 0 Å². The number of rotatable bonds is 5. The number of unbranched alkanes of at least 4 members (excludes halogenated alkanes) is 2. The Morgan fingerprint density at radius 2 is 1.95 bits per heavy atom. The maximum atomic E-state index is 8.77. The zero-order valence-electron chi connectivity index (χ0n) is 11.9. The standard InChI is InChI=1S/C17H21NO2/c1-2-3-4-5-6-15-12-19-17(20-13-15)16-9-7-14(11-18)8-10-16/h5-10,15,17H,2-4,12-13H2,1H3/t15-,17-. The van der Waals surface area contributed by atoms with Crippen LogP contribution in [-0.2, 0) is 9.47 Å². The van der Waals surface area contributed by atoms with E-state index >= 15 is 0 Å². The summed E-state index contributed by atoms with van der Waals surface area (Å²) in [5.41, 5.74) is 1.62. The van der Waals surface area contributed by atoms with E-state index in [2.05, 4.69) is 25.1 Å². The quantitative estimate of drug-likeness (QED) is 0.601. The van der Waals surface area contributed by atoms with Gasteiger partial charge in [-0.3, -0.25) is 0 Å². The van der Waals surface area contributed by atoms with Gasteiger partial charge in [0.05, 0.1) is 24.8 Å². The van der Waals surface area contributed by atoms with Gasteiger partial charge in [-0.05, 0) is 18.6 Å². The molecule has 0 amide bonds. The molecule has 1 aromatic rings. The maximum Gasteiger partial charge on any atom is 0.183 e. The Hall–Kier alpha value is -1.63. The third-order valence-electron chi connectivity index (χ3n) is 3.37. The summed E-state index contributed by atoms with van der Waals surface area (Å²) in [5, 5.41) is 8.77. The minimum absolute atomic E-state index is 0.303. The smallest absolute Gasteiger partial charge is 0.183 e. The fourth-order valence-electron chi connectivity index (χ4n) is 2.15. The highest BCUT2D eigenvalue weighted by atomic mass is 16.7. The predicted molar refractivity (Wildman–Crippen MR) is 78.0 cm³/mol. The van der Waals surface area contributed by atoms with Crippen molar-refractivity contribution in [2.24, 2.45) is 5.92 Å². The Labute approximate surface area is 120 Å². The second-order valence-electron chi connectivity index (χ2n) is 5.06. The fourth-order valence-corrected chi connectivity index (χ4v) is 2.15. The molecule has 0 bridgehead atoms. The zero-order valence-corrected chi connectivity index (χ0v) is 11.9. The summed E-state index contributed by atoms with van der Waals surface area (Å²) in [4.78, 5) is 0. The van der Waals surface area contributed by atoms with E-state index in [1.54, 1.807) is 12.1 Å². The Morgan fingerprint density at radius 1 is 1.25 bits per heavy atom. The van der Waals surface area contributed by atoms with Crippen molar-refractivity contribution in [3.8, 4) is 6.07 Å². The average molecular weight is 271 g/mol. The van der Waals surface area contributed by atoms with Crippen LogP contribution in [0.4, 0.5) is 0 Å². The van der Waals surface area contributed by atoms with Crippen molar-refractivity contribution in [1.82, 2.24) is 0 Å². The lowest BCUT2D eigenvalue weighted by molar-refractivity contribution is -0.197. The molecule has 1 heterocycles. The molecule has 1 aromatic carbocycles. The van der Waals surface area contributed by atoms with Crippen LogP contribution in [0.2, 0.25) is 0 Å². The van der Waals surface area contributed by atoms with E-state index in [1.807, 2.05) is 12.1 Å². The summed E-state index contributed by atoms with van der Waals surface area (Å²) >= 11 is 0. The minimum Gasteiger partial charge on any atom is -0.348 e. The first kappa shape index (κ1) is 14.8. The monoisotopic (exact) mass is 271 g/mol. The van der Waals surface area contributed by atoms with Crippen LogP contribution in [0, 0.1) is 17.2 Å². The summed E-state index contributed by atoms with van der Waals surface area (Å²) in [6.45, 7) is 3.57. The summed E-state index contributed by atoms with van der Waals surface area (Å²) < 4.78 is 11.5. The van der Waals surface area contributed by atoms with Crippen molar-refractivity contribution in [2.75, 3.05) is 13.2 Å². The van der Waals surface area contributed by atoms with Gasteiger partial charge in [0.25, 0.3) is 0 Å². The Kier molecular flexibility index (Phi) is 5.79. The van der Waals surface area contributed by atoms with Crippen LogP contribution in [0.15, 0.2) is 36.4 Å². The molecule has 0 aliphatic carbocycles. The van der Waals surface area contributed by atoms with Gasteiger partial charge in [-0.1, -0.05) is 44.1 Å². The second kappa shape index (κ2) is 7.84. The molecule has 3 heteroatoms. The topological polar surface area (TPSA) is 42.2 Å². The maximum absolute atomic E-state index is 8.77. The molecule has 106 valence electrons. The molecule has 1 fully saturated rings. The van der Waals surface area contributed by atoms with Crippen molar-refractivity contribution in [3.63, 3.8) is 0 Å². The van der Waals surface area contributed by atoms with Gasteiger partial charge in [0.1, 0.15) is 0 Å². The molecule has 2 rings (SSSR count). The van der Waals surface area contributed by atoms with Crippen LogP contribution in [0.25, 0.3) is 0 Å². The summed E-state index contributed by atoms with van der Waals surface area (Å²) in [7, 11) is 0. The van der Waals surface area contributed by atoms with Gasteiger partial charge in [-0.15, -0.1) is 0 Å². The lowest BCUT2D eigenvalue weighted by Gasteiger charge is -2.28. The Balaban J connectivity index is 1.81. The van der Waals surface area contributed by atoms with Gasteiger partial charge in [-0.25, -0.2) is 0 Å². The molecule has 1 aliphatic rings. The van der Waals surface area contributed by atoms with E-state index in [0.717, 1.165) is 12.0 Å². The number of allylic oxidation sites excluding steroid dienone is 1. The van der Waals surface area contributed by atoms with E-state index in [0.29, 0.717) is 24.7 Å². The third-order valence-corrected chi connectivity index (χ3v) is 3.37. The fraction of sp³-hybridized carbons (Fsp3) is 0.471. The largest absolute Gasteiger partial charge is 0.348 e. The van der Waals surface area contributed by atoms with E-state index < -0.39 is 0 Å². The van der Waals surface area contributed by atoms with Crippen molar-refractivity contribution < 1.29 is 9.47 Å². The molecule has 0 unspecified atom stereocenters. The lowest BCUT2D eigenvalue weighted by Crippen LogP contribution is -2.25. The van der Waals surface area contributed by atoms with Gasteiger partial charge in [0.15, 0.2) is 6.29 Å². The van der Waals surface area contributed by atoms with Crippen LogP contribution in [0.3, 0.4) is 0 Å². The molecule has 1 saturated heterocycles. The van der Waals surface area contributed by atoms with Gasteiger partial charge < -0.3 is 9.47 Å². The number of benzene rings is 1. The number of nitrogens with zero attached hydrogens (tertiary/aromatic N) is 1. The number of hydrogen-bond acceptors (Lipinski definition) is 3. The number of ether oxygens (including phenoxy) is 2. The normalized spacial score (nSPS) is 22.8. The van der Waals surface area contributed by atoms with Crippen molar-refractivity contribution in [1.29, 1.82) is 5.26 Å². The first-order valence-electron chi connectivity index (χ1n) is 7.23. The number of nitriles is 1. The molecular formula is C17H21NO2. The zero-order chi connectivity index (χ0) is 14.2. The molecule has 20 heavy (non-hydrogen) atoms. The molecule has 0 saturated carbocycles. The molecular weight excluding hydrogens is 250 g/mol. The van der Waals surface area contributed by atoms with Gasteiger partial charge in [-0.2, -0.15) is 5.26 Å². The van der Waals surface area contributed by atoms with E-state index in [4.69, 9.17) is 14.7 Å². The summed E-state index contributed by atoms with van der Waals surface area (Å²) in [5.74, 6) is 0.349. The average Bonchev–Trinajstić information content (AvgIpc) is 2.52. The third kappa shape index (κ3) is 4.19. The van der Waals surface area contributed by atoms with Gasteiger partial charge in [0.2, 0.25) is 0 Å². The first-order chi connectivity index (χ1) is 9.83. The molecule has 3 nitrogen and oxygen atoms in total. The van der Waals surface area contributed by atoms with Gasteiger partial charge >= 0.3 is 0 Å². The van der Waals surface area contributed by atoms with E-state index in [-0.39, 0.29) is 6.29 Å². The molecule has 0 aromatic heterocycles. The van der Waals surface area contributed by atoms with E-state index in [1.165, 1.54) is 12.8 Å². The molecule has 0 atom stereocenters. The van der Waals surface area contributed by atoms with Gasteiger partial charge in [0, 0.05) is 11.5 Å². The minimum atomic E-state index is -0.303. The first-order valence-corrected chi connectivity index (χ1v) is 7.23. The van der Waals surface area contributed by atoms with Crippen molar-refractivity contribution >= 4 is 0 Å². The van der Waals surface area contributed by atoms with Crippen LogP contribution in [0.5, 0.6) is 0 Å². The highest BCUT2D eigenvalue weighted by Gasteiger charge is 2.21. The van der Waals surface area contributed by atoms with Crippen LogP contribution in [-0.4, -0.2) is 13.2 Å². The van der Waals surface area contributed by atoms with Crippen molar-refractivity contribution in [2.45, 2.75) is 32.5 Å². The number of hydrogen-bond donors (Lipinski definition) is 0. The SMILES string of the molecule is CCCCC=C[C@H]1CO[C@H](c2ccc(C#N)cc2)OC1. The Morgan fingerprint density at radius 3 is 2.55 bits per heavy atom. The molecule has 0 spiro atoms. The summed E-state index contributed by atoms with van der Waals surface area (Å²) in [6, 6.07) is 9.47. The molecule has 1 aliphatic heterocycles. The highest BCUT2D eigenvalue weighted by Crippen LogP contribution is 2.25. The lowest BCUT2D eigenvalue weighted by atomic mass is 10.1. The highest BCUT2D eigenvalue weighted by molar-refractivity contribution is 5.32. The molecule has 0 N–H and O–H groups in total. The van der Waals surface area contributed by atoms with Crippen LogP contribution < -0.4 is 0 Å². The second-order valence-corrected chi connectivity index (χ2v) is 5.06. The van der Waals surface area contributed by atoms with Crippen molar-refractivity contribution in [3.05, 3.63) is 47.5 Å².